The Morgan fingerprint density at radius 3 is 2.50 bits per heavy atom. The van der Waals surface area contributed by atoms with Gasteiger partial charge in [0, 0.05) is 0 Å². The van der Waals surface area contributed by atoms with E-state index >= 15 is 0 Å². The van der Waals surface area contributed by atoms with Gasteiger partial charge in [-0.25, -0.2) is 4.68 Å². The topological polar surface area (TPSA) is 80.9 Å². The van der Waals surface area contributed by atoms with Crippen LogP contribution in [0.1, 0.15) is 45.5 Å². The number of hydrogen-bond acceptors (Lipinski definition) is 4. The number of nitrogens with zero attached hydrogens (tertiary/aromatic N) is 4. The van der Waals surface area contributed by atoms with Gasteiger partial charge in [-0.15, -0.1) is 5.10 Å². The van der Waals surface area contributed by atoms with Gasteiger partial charge < -0.3 is 5.11 Å². The van der Waals surface area contributed by atoms with Gasteiger partial charge in [0.05, 0.1) is 12.5 Å². The molecule has 1 heterocycles. The lowest BCUT2D eigenvalue weighted by Crippen LogP contribution is -2.22. The van der Waals surface area contributed by atoms with E-state index in [4.69, 9.17) is 5.11 Å². The Morgan fingerprint density at radius 1 is 1.50 bits per heavy atom. The first-order valence-electron chi connectivity index (χ1n) is 5.26. The summed E-state index contributed by atoms with van der Waals surface area (Å²) in [5.41, 5.74) is 0.0402. The largest absolute Gasteiger partial charge is 0.481 e. The summed E-state index contributed by atoms with van der Waals surface area (Å²) in [5.74, 6) is -0.181. The molecule has 0 aliphatic heterocycles. The summed E-state index contributed by atoms with van der Waals surface area (Å²) >= 11 is 0. The molecular formula is C10H18N4O2. The molecule has 6 heteroatoms. The molecule has 1 unspecified atom stereocenters. The number of carboxylic acids is 1. The van der Waals surface area contributed by atoms with Crippen molar-refractivity contribution in [3.8, 4) is 0 Å². The molecule has 0 amide bonds. The van der Waals surface area contributed by atoms with Crippen LogP contribution in [0, 0.1) is 12.3 Å². The Morgan fingerprint density at radius 2 is 2.12 bits per heavy atom. The predicted octanol–water partition coefficient (Wildman–Crippen LogP) is 1.43. The number of hydrogen-bond donors (Lipinski definition) is 1. The normalized spacial score (nSPS) is 13.8. The average Bonchev–Trinajstić information content (AvgIpc) is 2.46. The first-order chi connectivity index (χ1) is 7.29. The summed E-state index contributed by atoms with van der Waals surface area (Å²) in [7, 11) is 0. The third kappa shape index (κ3) is 3.60. The van der Waals surface area contributed by atoms with Crippen LogP contribution in [0.2, 0.25) is 0 Å². The zero-order valence-corrected chi connectivity index (χ0v) is 10.1. The highest BCUT2D eigenvalue weighted by Crippen LogP contribution is 2.29. The van der Waals surface area contributed by atoms with Crippen molar-refractivity contribution in [2.24, 2.45) is 5.41 Å². The maximum absolute atomic E-state index is 10.8. The second-order valence-electron chi connectivity index (χ2n) is 5.19. The van der Waals surface area contributed by atoms with Gasteiger partial charge in [-0.2, -0.15) is 0 Å². The van der Waals surface area contributed by atoms with Crippen LogP contribution in [0.15, 0.2) is 0 Å². The molecule has 6 nitrogen and oxygen atoms in total. The Labute approximate surface area is 94.7 Å². The lowest BCUT2D eigenvalue weighted by molar-refractivity contribution is -0.138. The maximum Gasteiger partial charge on any atom is 0.305 e. The standard InChI is InChI=1S/C10H18N4O2/c1-7-11-12-13-14(7)8(5-9(15)16)6-10(2,3)4/h8H,5-6H2,1-4H3,(H,15,16). The molecule has 0 saturated carbocycles. The minimum absolute atomic E-state index is 0.0402. The summed E-state index contributed by atoms with van der Waals surface area (Å²) < 4.78 is 1.60. The van der Waals surface area contributed by atoms with E-state index in [2.05, 4.69) is 36.3 Å². The van der Waals surface area contributed by atoms with E-state index in [0.29, 0.717) is 5.82 Å². The van der Waals surface area contributed by atoms with Crippen LogP contribution in [0.4, 0.5) is 0 Å². The molecule has 1 N–H and O–H groups in total. The van der Waals surface area contributed by atoms with Crippen molar-refractivity contribution in [1.82, 2.24) is 20.2 Å². The van der Waals surface area contributed by atoms with Crippen molar-refractivity contribution >= 4 is 5.97 Å². The Hall–Kier alpha value is -1.46. The van der Waals surface area contributed by atoms with E-state index in [1.54, 1.807) is 11.6 Å². The van der Waals surface area contributed by atoms with Crippen LogP contribution in [0.25, 0.3) is 0 Å². The first-order valence-corrected chi connectivity index (χ1v) is 5.26. The van der Waals surface area contributed by atoms with E-state index in [-0.39, 0.29) is 17.9 Å². The fourth-order valence-electron chi connectivity index (χ4n) is 1.73. The van der Waals surface area contributed by atoms with E-state index in [1.807, 2.05) is 0 Å². The summed E-state index contributed by atoms with van der Waals surface area (Å²) in [5, 5.41) is 20.1. The number of aliphatic carboxylic acids is 1. The summed E-state index contributed by atoms with van der Waals surface area (Å²) in [4.78, 5) is 10.8. The highest BCUT2D eigenvalue weighted by atomic mass is 16.4. The molecule has 0 saturated heterocycles. The SMILES string of the molecule is Cc1nnnn1C(CC(=O)O)CC(C)(C)C. The van der Waals surface area contributed by atoms with Gasteiger partial charge >= 0.3 is 5.97 Å². The van der Waals surface area contributed by atoms with Gasteiger partial charge in [-0.1, -0.05) is 20.8 Å². The lowest BCUT2D eigenvalue weighted by atomic mass is 9.87. The average molecular weight is 226 g/mol. The Kier molecular flexibility index (Phi) is 3.62. The monoisotopic (exact) mass is 226 g/mol. The van der Waals surface area contributed by atoms with E-state index in [0.717, 1.165) is 6.42 Å². The molecule has 0 spiro atoms. The van der Waals surface area contributed by atoms with Crippen molar-refractivity contribution in [3.63, 3.8) is 0 Å². The number of rotatable bonds is 4. The van der Waals surface area contributed by atoms with Gasteiger partial charge in [0.15, 0.2) is 0 Å². The summed E-state index contributed by atoms with van der Waals surface area (Å²) in [6.45, 7) is 7.99. The van der Waals surface area contributed by atoms with Crippen molar-refractivity contribution in [1.29, 1.82) is 0 Å². The molecule has 1 atom stereocenters. The fraction of sp³-hybridized carbons (Fsp3) is 0.800. The molecule has 16 heavy (non-hydrogen) atoms. The van der Waals surface area contributed by atoms with Gasteiger partial charge in [0.1, 0.15) is 5.82 Å². The molecule has 1 rings (SSSR count). The van der Waals surface area contributed by atoms with Crippen LogP contribution in [-0.4, -0.2) is 31.3 Å². The van der Waals surface area contributed by atoms with Crippen molar-refractivity contribution in [2.75, 3.05) is 0 Å². The minimum atomic E-state index is -0.829. The predicted molar refractivity (Wildman–Crippen MR) is 57.9 cm³/mol. The first kappa shape index (κ1) is 12.6. The number of aromatic nitrogens is 4. The highest BCUT2D eigenvalue weighted by Gasteiger charge is 2.24. The van der Waals surface area contributed by atoms with Crippen LogP contribution in [-0.2, 0) is 4.79 Å². The Balaban J connectivity index is 2.88. The number of carbonyl (C=O) groups is 1. The van der Waals surface area contributed by atoms with Gasteiger partial charge in [0.2, 0.25) is 0 Å². The van der Waals surface area contributed by atoms with E-state index < -0.39 is 5.97 Å². The van der Waals surface area contributed by atoms with Crippen LogP contribution >= 0.6 is 0 Å². The number of carboxylic acid groups (broad SMARTS) is 1. The van der Waals surface area contributed by atoms with Crippen LogP contribution in [0.5, 0.6) is 0 Å². The molecule has 0 aliphatic carbocycles. The van der Waals surface area contributed by atoms with Gasteiger partial charge in [0.25, 0.3) is 0 Å². The van der Waals surface area contributed by atoms with Gasteiger partial charge in [-0.05, 0) is 29.2 Å². The smallest absolute Gasteiger partial charge is 0.305 e. The maximum atomic E-state index is 10.8. The molecule has 0 radical (unpaired) electrons. The molecule has 1 aromatic rings. The molecule has 90 valence electrons. The second-order valence-corrected chi connectivity index (χ2v) is 5.19. The van der Waals surface area contributed by atoms with Crippen LogP contribution < -0.4 is 0 Å². The molecule has 0 fully saturated rings. The van der Waals surface area contributed by atoms with Crippen molar-refractivity contribution in [3.05, 3.63) is 5.82 Å². The van der Waals surface area contributed by atoms with Crippen molar-refractivity contribution in [2.45, 2.75) is 46.6 Å². The molecule has 1 aromatic heterocycles. The van der Waals surface area contributed by atoms with E-state index in [9.17, 15) is 4.79 Å². The Bertz CT molecular complexity index is 367. The lowest BCUT2D eigenvalue weighted by Gasteiger charge is -2.25. The number of tetrazole rings is 1. The third-order valence-electron chi connectivity index (χ3n) is 2.26. The molecule has 0 aromatic carbocycles. The van der Waals surface area contributed by atoms with Crippen LogP contribution in [0.3, 0.4) is 0 Å². The third-order valence-corrected chi connectivity index (χ3v) is 2.26. The fourth-order valence-corrected chi connectivity index (χ4v) is 1.73. The second kappa shape index (κ2) is 4.59. The quantitative estimate of drug-likeness (QED) is 0.840. The molecule has 0 bridgehead atoms. The zero-order valence-electron chi connectivity index (χ0n) is 10.1. The van der Waals surface area contributed by atoms with Crippen molar-refractivity contribution < 1.29 is 9.90 Å². The zero-order chi connectivity index (χ0) is 12.3. The van der Waals surface area contributed by atoms with E-state index in [1.165, 1.54) is 0 Å². The molecule has 0 aliphatic rings. The minimum Gasteiger partial charge on any atom is -0.481 e. The summed E-state index contributed by atoms with van der Waals surface area (Å²) in [6.07, 6.45) is 0.772. The van der Waals surface area contributed by atoms with Gasteiger partial charge in [-0.3, -0.25) is 4.79 Å². The number of aryl methyl sites for hydroxylation is 1. The molecular weight excluding hydrogens is 208 g/mol. The highest BCUT2D eigenvalue weighted by molar-refractivity contribution is 5.67. The summed E-state index contributed by atoms with van der Waals surface area (Å²) in [6, 6.07) is -0.188.